The summed E-state index contributed by atoms with van der Waals surface area (Å²) in [5, 5.41) is 3.00. The summed E-state index contributed by atoms with van der Waals surface area (Å²) in [5.74, 6) is -0.242. The lowest BCUT2D eigenvalue weighted by molar-refractivity contribution is 0.0918. The minimum absolute atomic E-state index is 0.200. The molecule has 1 aliphatic carbocycles. The fourth-order valence-corrected chi connectivity index (χ4v) is 2.91. The molecule has 1 aromatic carbocycles. The van der Waals surface area contributed by atoms with E-state index in [1.165, 1.54) is 4.74 Å². The highest BCUT2D eigenvalue weighted by atomic mass is 16.5. The maximum Gasteiger partial charge on any atom is 0.366 e. The van der Waals surface area contributed by atoms with Crippen molar-refractivity contribution in [1.82, 2.24) is 10.1 Å². The van der Waals surface area contributed by atoms with E-state index in [4.69, 9.17) is 4.52 Å². The zero-order chi connectivity index (χ0) is 14.8. The average molecular weight is 286 g/mol. The minimum Gasteiger partial charge on any atom is -0.348 e. The van der Waals surface area contributed by atoms with Gasteiger partial charge in [-0.2, -0.15) is 0 Å². The van der Waals surface area contributed by atoms with Gasteiger partial charge in [0.1, 0.15) is 5.56 Å². The number of hydrogen-bond acceptors (Lipinski definition) is 3. The number of carbonyl (C=O) groups excluding carboxylic acids is 1. The molecule has 1 aromatic heterocycles. The van der Waals surface area contributed by atoms with Crippen molar-refractivity contribution < 1.29 is 9.32 Å². The summed E-state index contributed by atoms with van der Waals surface area (Å²) in [6, 6.07) is 9.34. The Morgan fingerprint density at radius 1 is 1.24 bits per heavy atom. The molecule has 110 valence electrons. The minimum atomic E-state index is -0.486. The van der Waals surface area contributed by atoms with Gasteiger partial charge >= 0.3 is 5.63 Å². The predicted molar refractivity (Wildman–Crippen MR) is 79.1 cm³/mol. The first-order valence-electron chi connectivity index (χ1n) is 7.23. The first-order chi connectivity index (χ1) is 10.2. The summed E-state index contributed by atoms with van der Waals surface area (Å²) in [6.45, 7) is 0. The molecule has 1 aliphatic rings. The lowest BCUT2D eigenvalue weighted by Gasteiger charge is -2.12. The summed E-state index contributed by atoms with van der Waals surface area (Å²) in [7, 11) is 1.58. The third-order valence-corrected chi connectivity index (χ3v) is 3.94. The normalized spacial score (nSPS) is 15.3. The topological polar surface area (TPSA) is 64.2 Å². The molecule has 0 radical (unpaired) electrons. The van der Waals surface area contributed by atoms with Gasteiger partial charge in [-0.1, -0.05) is 43.2 Å². The van der Waals surface area contributed by atoms with Gasteiger partial charge in [-0.15, -0.1) is 0 Å². The van der Waals surface area contributed by atoms with Crippen LogP contribution in [0.15, 0.2) is 39.6 Å². The fourth-order valence-electron chi connectivity index (χ4n) is 2.91. The summed E-state index contributed by atoms with van der Waals surface area (Å²) >= 11 is 0. The van der Waals surface area contributed by atoms with E-state index in [-0.39, 0.29) is 17.6 Å². The second-order valence-corrected chi connectivity index (χ2v) is 5.42. The molecule has 0 aliphatic heterocycles. The zero-order valence-corrected chi connectivity index (χ0v) is 12.0. The van der Waals surface area contributed by atoms with Crippen LogP contribution in [0.25, 0.3) is 11.1 Å². The van der Waals surface area contributed by atoms with Gasteiger partial charge in [-0.05, 0) is 18.4 Å². The van der Waals surface area contributed by atoms with Crippen LogP contribution in [-0.2, 0) is 7.05 Å². The number of carbonyl (C=O) groups is 1. The van der Waals surface area contributed by atoms with Crippen molar-refractivity contribution in [2.24, 2.45) is 7.05 Å². The third-order valence-electron chi connectivity index (χ3n) is 3.94. The van der Waals surface area contributed by atoms with Crippen LogP contribution in [-0.4, -0.2) is 16.7 Å². The number of nitrogens with zero attached hydrogens (tertiary/aromatic N) is 1. The largest absolute Gasteiger partial charge is 0.366 e. The Kier molecular flexibility index (Phi) is 3.64. The van der Waals surface area contributed by atoms with E-state index in [0.717, 1.165) is 25.7 Å². The van der Waals surface area contributed by atoms with Gasteiger partial charge in [0.2, 0.25) is 0 Å². The van der Waals surface area contributed by atoms with Crippen LogP contribution in [0.2, 0.25) is 0 Å². The second kappa shape index (κ2) is 5.60. The van der Waals surface area contributed by atoms with E-state index in [0.29, 0.717) is 11.1 Å². The Morgan fingerprint density at radius 3 is 2.57 bits per heavy atom. The molecular weight excluding hydrogens is 268 g/mol. The number of hydrogen-bond donors (Lipinski definition) is 1. The average Bonchev–Trinajstić information content (AvgIpc) is 3.07. The molecule has 1 saturated carbocycles. The van der Waals surface area contributed by atoms with Gasteiger partial charge in [0.15, 0.2) is 5.69 Å². The zero-order valence-electron chi connectivity index (χ0n) is 12.0. The highest BCUT2D eigenvalue weighted by Crippen LogP contribution is 2.22. The van der Waals surface area contributed by atoms with Crippen molar-refractivity contribution in [3.63, 3.8) is 0 Å². The van der Waals surface area contributed by atoms with Gasteiger partial charge < -0.3 is 9.84 Å². The summed E-state index contributed by atoms with van der Waals surface area (Å²) < 4.78 is 6.34. The first-order valence-corrected chi connectivity index (χ1v) is 7.23. The number of rotatable bonds is 3. The quantitative estimate of drug-likeness (QED) is 0.941. The molecule has 0 atom stereocenters. The maximum absolute atomic E-state index is 12.5. The van der Waals surface area contributed by atoms with Gasteiger partial charge in [-0.25, -0.2) is 9.53 Å². The Hall–Kier alpha value is -2.30. The van der Waals surface area contributed by atoms with Crippen LogP contribution in [0, 0.1) is 0 Å². The van der Waals surface area contributed by atoms with Crippen molar-refractivity contribution in [3.05, 3.63) is 46.4 Å². The van der Waals surface area contributed by atoms with Crippen molar-refractivity contribution in [2.45, 2.75) is 31.7 Å². The van der Waals surface area contributed by atoms with Gasteiger partial charge in [0, 0.05) is 13.1 Å². The molecule has 2 aromatic rings. The molecule has 1 heterocycles. The van der Waals surface area contributed by atoms with Crippen molar-refractivity contribution >= 4 is 5.91 Å². The van der Waals surface area contributed by atoms with E-state index in [9.17, 15) is 9.59 Å². The van der Waals surface area contributed by atoms with Crippen LogP contribution in [0.3, 0.4) is 0 Å². The number of nitrogens with one attached hydrogen (secondary N) is 1. The number of amides is 1. The van der Waals surface area contributed by atoms with Crippen molar-refractivity contribution in [2.75, 3.05) is 0 Å². The highest BCUT2D eigenvalue weighted by Gasteiger charge is 2.26. The van der Waals surface area contributed by atoms with Gasteiger partial charge in [0.25, 0.3) is 5.91 Å². The van der Waals surface area contributed by atoms with Crippen LogP contribution >= 0.6 is 0 Å². The Bertz CT molecular complexity index is 694. The lowest BCUT2D eigenvalue weighted by Crippen LogP contribution is -2.34. The number of aromatic nitrogens is 1. The van der Waals surface area contributed by atoms with Gasteiger partial charge in [0.05, 0.1) is 0 Å². The smallest absolute Gasteiger partial charge is 0.348 e. The maximum atomic E-state index is 12.5. The summed E-state index contributed by atoms with van der Waals surface area (Å²) in [6.07, 6.45) is 4.28. The lowest BCUT2D eigenvalue weighted by atomic mass is 10.1. The molecule has 0 unspecified atom stereocenters. The Morgan fingerprint density at radius 2 is 1.90 bits per heavy atom. The fraction of sp³-hybridized carbons (Fsp3) is 0.375. The number of aryl methyl sites for hydroxylation is 1. The molecule has 1 N–H and O–H groups in total. The van der Waals surface area contributed by atoms with E-state index in [1.54, 1.807) is 19.2 Å². The number of benzene rings is 1. The Balaban J connectivity index is 1.98. The molecule has 0 spiro atoms. The van der Waals surface area contributed by atoms with E-state index < -0.39 is 5.63 Å². The first kappa shape index (κ1) is 13.7. The second-order valence-electron chi connectivity index (χ2n) is 5.42. The van der Waals surface area contributed by atoms with E-state index in [1.807, 2.05) is 18.2 Å². The van der Waals surface area contributed by atoms with Crippen LogP contribution in [0.5, 0.6) is 0 Å². The van der Waals surface area contributed by atoms with Crippen molar-refractivity contribution in [1.29, 1.82) is 0 Å². The molecule has 0 saturated heterocycles. The molecule has 0 bridgehead atoms. The molecule has 21 heavy (non-hydrogen) atoms. The molecular formula is C16H18N2O3. The van der Waals surface area contributed by atoms with Crippen molar-refractivity contribution in [3.8, 4) is 11.1 Å². The van der Waals surface area contributed by atoms with Crippen LogP contribution in [0.4, 0.5) is 0 Å². The Labute approximate surface area is 122 Å². The summed E-state index contributed by atoms with van der Waals surface area (Å²) in [4.78, 5) is 24.5. The van der Waals surface area contributed by atoms with Gasteiger partial charge in [-0.3, -0.25) is 4.79 Å². The molecule has 1 amide bonds. The standard InChI is InChI=1S/C16H18N2O3/c1-18-14(15(19)17-12-9-5-6-10-12)13(16(20)21-18)11-7-3-2-4-8-11/h2-4,7-8,12H,5-6,9-10H2,1H3,(H,17,19). The summed E-state index contributed by atoms with van der Waals surface area (Å²) in [5.41, 5.74) is 0.829. The highest BCUT2D eigenvalue weighted by molar-refractivity contribution is 5.99. The van der Waals surface area contributed by atoms with Crippen LogP contribution < -0.4 is 10.9 Å². The SMILES string of the molecule is Cn1oc(=O)c(-c2ccccc2)c1C(=O)NC1CCCC1. The molecule has 1 fully saturated rings. The molecule has 5 nitrogen and oxygen atoms in total. The molecule has 3 rings (SSSR count). The van der Waals surface area contributed by atoms with Crippen LogP contribution in [0.1, 0.15) is 36.2 Å². The predicted octanol–water partition coefficient (Wildman–Crippen LogP) is 2.32. The van der Waals surface area contributed by atoms with E-state index >= 15 is 0 Å². The monoisotopic (exact) mass is 286 g/mol. The third kappa shape index (κ3) is 2.63. The molecule has 5 heteroatoms. The van der Waals surface area contributed by atoms with E-state index in [2.05, 4.69) is 5.32 Å².